The van der Waals surface area contributed by atoms with Crippen molar-refractivity contribution in [2.45, 2.75) is 39.9 Å². The minimum atomic E-state index is -0.525. The number of rotatable bonds is 9. The van der Waals surface area contributed by atoms with E-state index in [9.17, 15) is 9.59 Å². The van der Waals surface area contributed by atoms with E-state index < -0.39 is 11.6 Å². The second kappa shape index (κ2) is 11.6. The first kappa shape index (κ1) is 25.8. The molecule has 0 atom stereocenters. The third-order valence-electron chi connectivity index (χ3n) is 5.99. The fourth-order valence-corrected chi connectivity index (χ4v) is 4.07. The van der Waals surface area contributed by atoms with Crippen LogP contribution in [-0.4, -0.2) is 19.2 Å². The quantitative estimate of drug-likeness (QED) is 0.154. The number of methoxy groups -OCH3 is 1. The van der Waals surface area contributed by atoms with Gasteiger partial charge >= 0.3 is 11.6 Å². The average Bonchev–Trinajstić information content (AvgIpc) is 2.89. The number of benzene rings is 3. The molecule has 37 heavy (non-hydrogen) atoms. The smallest absolute Gasteiger partial charge is 0.340 e. The summed E-state index contributed by atoms with van der Waals surface area (Å²) in [5.41, 5.74) is 3.75. The molecule has 1 heterocycles. The van der Waals surface area contributed by atoms with Crippen molar-refractivity contribution >= 4 is 23.0 Å². The van der Waals surface area contributed by atoms with Crippen molar-refractivity contribution in [1.82, 2.24) is 0 Å². The highest BCUT2D eigenvalue weighted by Gasteiger charge is 2.19. The number of aryl methyl sites for hydroxylation is 1. The van der Waals surface area contributed by atoms with Gasteiger partial charge in [-0.25, -0.2) is 9.59 Å². The van der Waals surface area contributed by atoms with Gasteiger partial charge in [-0.1, -0.05) is 42.5 Å². The molecule has 0 radical (unpaired) electrons. The predicted molar refractivity (Wildman–Crippen MR) is 144 cm³/mol. The summed E-state index contributed by atoms with van der Waals surface area (Å²) >= 11 is 0. The van der Waals surface area contributed by atoms with Crippen LogP contribution in [0.4, 0.5) is 0 Å². The monoisotopic (exact) mass is 498 g/mol. The van der Waals surface area contributed by atoms with Gasteiger partial charge in [0.25, 0.3) is 0 Å². The summed E-state index contributed by atoms with van der Waals surface area (Å²) in [5, 5.41) is 0.779. The van der Waals surface area contributed by atoms with Gasteiger partial charge < -0.3 is 18.6 Å². The van der Waals surface area contributed by atoms with Crippen LogP contribution in [0.2, 0.25) is 0 Å². The molecule has 3 aromatic carbocycles. The van der Waals surface area contributed by atoms with Gasteiger partial charge in [-0.15, -0.1) is 0 Å². The van der Waals surface area contributed by atoms with Crippen LogP contribution in [0.1, 0.15) is 41.7 Å². The van der Waals surface area contributed by atoms with Crippen LogP contribution in [0.3, 0.4) is 0 Å². The Bertz CT molecular complexity index is 1460. The second-order valence-corrected chi connectivity index (χ2v) is 8.96. The third kappa shape index (κ3) is 6.28. The Balaban J connectivity index is 1.63. The van der Waals surface area contributed by atoms with Crippen LogP contribution < -0.4 is 15.1 Å². The Morgan fingerprint density at radius 2 is 1.70 bits per heavy atom. The van der Waals surface area contributed by atoms with Gasteiger partial charge in [0.15, 0.2) is 0 Å². The van der Waals surface area contributed by atoms with E-state index in [1.807, 2.05) is 87.5 Å². The number of hydrogen-bond acceptors (Lipinski definition) is 6. The van der Waals surface area contributed by atoms with Crippen LogP contribution >= 0.6 is 0 Å². The van der Waals surface area contributed by atoms with E-state index in [0.717, 1.165) is 27.8 Å². The summed E-state index contributed by atoms with van der Waals surface area (Å²) in [6.07, 6.45) is 3.37. The number of carbonyl (C=O) groups excluding carboxylic acids is 1. The van der Waals surface area contributed by atoms with Crippen LogP contribution in [0.25, 0.3) is 17.0 Å². The van der Waals surface area contributed by atoms with Crippen LogP contribution in [-0.2, 0) is 22.6 Å². The van der Waals surface area contributed by atoms with E-state index in [4.69, 9.17) is 18.6 Å². The molecule has 0 unspecified atom stereocenters. The minimum Gasteiger partial charge on any atom is -0.497 e. The molecule has 0 bridgehead atoms. The molecule has 6 nitrogen and oxygen atoms in total. The molecular formula is C31H30O6. The summed E-state index contributed by atoms with van der Waals surface area (Å²) < 4.78 is 22.5. The molecule has 0 N–H and O–H groups in total. The van der Waals surface area contributed by atoms with Gasteiger partial charge in [-0.3, -0.25) is 0 Å². The molecule has 0 aliphatic carbocycles. The first-order valence-electron chi connectivity index (χ1n) is 12.1. The molecule has 190 valence electrons. The first-order valence-corrected chi connectivity index (χ1v) is 12.1. The predicted octanol–water partition coefficient (Wildman–Crippen LogP) is 6.24. The maximum absolute atomic E-state index is 13.1. The van der Waals surface area contributed by atoms with E-state index in [1.54, 1.807) is 13.2 Å². The number of esters is 1. The molecule has 0 aliphatic rings. The third-order valence-corrected chi connectivity index (χ3v) is 5.99. The molecule has 0 saturated heterocycles. The zero-order valence-corrected chi connectivity index (χ0v) is 21.4. The Morgan fingerprint density at radius 3 is 2.38 bits per heavy atom. The second-order valence-electron chi connectivity index (χ2n) is 8.96. The summed E-state index contributed by atoms with van der Waals surface area (Å²) in [4.78, 5) is 25.6. The highest BCUT2D eigenvalue weighted by Crippen LogP contribution is 2.32. The van der Waals surface area contributed by atoms with Crippen molar-refractivity contribution in [3.05, 3.63) is 111 Å². The molecule has 0 fully saturated rings. The molecule has 0 saturated carbocycles. The lowest BCUT2D eigenvalue weighted by molar-refractivity contribution is -0.138. The maximum Gasteiger partial charge on any atom is 0.340 e. The van der Waals surface area contributed by atoms with E-state index in [1.165, 1.54) is 6.08 Å². The van der Waals surface area contributed by atoms with E-state index >= 15 is 0 Å². The van der Waals surface area contributed by atoms with E-state index in [0.29, 0.717) is 28.9 Å². The highest BCUT2D eigenvalue weighted by atomic mass is 16.5. The molecule has 0 spiro atoms. The zero-order chi connectivity index (χ0) is 26.4. The van der Waals surface area contributed by atoms with Gasteiger partial charge in [-0.05, 0) is 67.8 Å². The molecule has 4 rings (SSSR count). The van der Waals surface area contributed by atoms with Crippen molar-refractivity contribution in [2.75, 3.05) is 7.11 Å². The Hall–Kier alpha value is -4.32. The number of ether oxygens (including phenoxy) is 3. The van der Waals surface area contributed by atoms with Gasteiger partial charge in [0.05, 0.1) is 18.8 Å². The lowest BCUT2D eigenvalue weighted by Gasteiger charge is -2.17. The lowest BCUT2D eigenvalue weighted by atomic mass is 9.98. The average molecular weight is 499 g/mol. The summed E-state index contributed by atoms with van der Waals surface area (Å²) in [7, 11) is 1.60. The Labute approximate surface area is 216 Å². The minimum absolute atomic E-state index is 0.106. The molecule has 0 aliphatic heterocycles. The van der Waals surface area contributed by atoms with Crippen LogP contribution in [0.15, 0.2) is 82.0 Å². The largest absolute Gasteiger partial charge is 0.497 e. The van der Waals surface area contributed by atoms with E-state index in [-0.39, 0.29) is 12.7 Å². The van der Waals surface area contributed by atoms with Crippen LogP contribution in [0, 0.1) is 6.92 Å². The Kier molecular flexibility index (Phi) is 8.08. The van der Waals surface area contributed by atoms with Gasteiger partial charge in [0.1, 0.15) is 23.7 Å². The summed E-state index contributed by atoms with van der Waals surface area (Å²) in [5.74, 6) is 0.716. The summed E-state index contributed by atoms with van der Waals surface area (Å²) in [6.45, 7) is 5.61. The highest BCUT2D eigenvalue weighted by molar-refractivity contribution is 5.88. The summed E-state index contributed by atoms with van der Waals surface area (Å²) in [6, 6.07) is 20.8. The van der Waals surface area contributed by atoms with Crippen molar-refractivity contribution in [3.8, 4) is 11.5 Å². The molecule has 0 amide bonds. The first-order chi connectivity index (χ1) is 17.9. The standard InChI is InChI=1S/C31H30O6/c1-20(2)36-28-16-15-25-21(3)26(18-23-8-6-5-7-9-23)31(33)37-30(25)27(28)19-35-29(32)17-12-22-10-13-24(34-4)14-11-22/h5-17,20H,18-19H2,1-4H3/b17-12+. The van der Waals surface area contributed by atoms with Gasteiger partial charge in [-0.2, -0.15) is 0 Å². The SMILES string of the molecule is COc1ccc(/C=C/C(=O)OCc2c(OC(C)C)ccc3c(C)c(Cc4ccccc4)c(=O)oc23)cc1. The van der Waals surface area contributed by atoms with Crippen molar-refractivity contribution in [3.63, 3.8) is 0 Å². The van der Waals surface area contributed by atoms with Crippen molar-refractivity contribution < 1.29 is 23.4 Å². The van der Waals surface area contributed by atoms with Crippen molar-refractivity contribution in [1.29, 1.82) is 0 Å². The Morgan fingerprint density at radius 1 is 0.973 bits per heavy atom. The van der Waals surface area contributed by atoms with Gasteiger partial charge in [0.2, 0.25) is 0 Å². The maximum atomic E-state index is 13.1. The lowest BCUT2D eigenvalue weighted by Crippen LogP contribution is -2.14. The number of fused-ring (bicyclic) bond motifs is 1. The topological polar surface area (TPSA) is 75.0 Å². The van der Waals surface area contributed by atoms with E-state index in [2.05, 4.69) is 0 Å². The molecule has 1 aromatic heterocycles. The molecule has 4 aromatic rings. The molecule has 6 heteroatoms. The number of hydrogen-bond donors (Lipinski definition) is 0. The zero-order valence-electron chi connectivity index (χ0n) is 21.4. The number of carbonyl (C=O) groups is 1. The van der Waals surface area contributed by atoms with Crippen molar-refractivity contribution in [2.24, 2.45) is 0 Å². The van der Waals surface area contributed by atoms with Gasteiger partial charge in [0, 0.05) is 23.4 Å². The van der Waals surface area contributed by atoms with Crippen LogP contribution in [0.5, 0.6) is 11.5 Å². The fraction of sp³-hybridized carbons (Fsp3) is 0.226. The fourth-order valence-electron chi connectivity index (χ4n) is 4.07. The molecular weight excluding hydrogens is 468 g/mol. The normalized spacial score (nSPS) is 11.3.